The summed E-state index contributed by atoms with van der Waals surface area (Å²) in [4.78, 5) is 33.7. The smallest absolute Gasteiger partial charge is 0.790 e. The van der Waals surface area contributed by atoms with Crippen LogP contribution in [-0.2, 0) is 4.57 Å². The second kappa shape index (κ2) is 10.5. The Balaban J connectivity index is -0.000000247. The van der Waals surface area contributed by atoms with Gasteiger partial charge < -0.3 is 24.4 Å². The van der Waals surface area contributed by atoms with Crippen molar-refractivity contribution in [3.63, 3.8) is 0 Å². The third kappa shape index (κ3) is 14.5. The van der Waals surface area contributed by atoms with E-state index in [0.717, 1.165) is 0 Å². The summed E-state index contributed by atoms with van der Waals surface area (Å²) in [6.07, 6.45) is 0. The number of phosphoric acid groups is 1. The van der Waals surface area contributed by atoms with Crippen LogP contribution in [0.1, 0.15) is 0 Å². The zero-order valence-electron chi connectivity index (χ0n) is 9.14. The van der Waals surface area contributed by atoms with E-state index in [1.165, 1.54) is 24.3 Å². The van der Waals surface area contributed by atoms with Gasteiger partial charge in [0.2, 0.25) is 0 Å². The molecular formula is C6H6NNa2O7P. The summed E-state index contributed by atoms with van der Waals surface area (Å²) in [5.41, 5.74) is -0.262. The van der Waals surface area contributed by atoms with Crippen molar-refractivity contribution in [2.75, 3.05) is 0 Å². The predicted molar refractivity (Wildman–Crippen MR) is 44.6 cm³/mol. The van der Waals surface area contributed by atoms with Crippen molar-refractivity contribution in [1.82, 2.24) is 0 Å². The molecule has 0 aliphatic rings. The number of hydrogen-bond acceptors (Lipinski definition) is 6. The van der Waals surface area contributed by atoms with E-state index >= 15 is 0 Å². The standard InChI is InChI=1S/C6H5NO3.2Na.H3O4P/c8-6-4-2-1-3-5(6)7(9)10;;;1-5(2,3)4/h1-4,8H;;;(H3,1,2,3,4)/q;2*+1;/p-2. The van der Waals surface area contributed by atoms with Crippen LogP contribution < -0.4 is 68.9 Å². The Labute approximate surface area is 141 Å². The first-order valence-corrected chi connectivity index (χ1v) is 4.88. The Morgan fingerprint density at radius 1 is 1.18 bits per heavy atom. The van der Waals surface area contributed by atoms with Crippen molar-refractivity contribution in [2.24, 2.45) is 0 Å². The van der Waals surface area contributed by atoms with Crippen LogP contribution in [0.3, 0.4) is 0 Å². The van der Waals surface area contributed by atoms with Crippen molar-refractivity contribution in [3.05, 3.63) is 34.4 Å². The summed E-state index contributed by atoms with van der Waals surface area (Å²) < 4.78 is 8.66. The molecule has 84 valence electrons. The number of rotatable bonds is 1. The molecule has 0 aliphatic carbocycles. The van der Waals surface area contributed by atoms with E-state index in [0.29, 0.717) is 0 Å². The molecule has 0 aromatic heterocycles. The van der Waals surface area contributed by atoms with E-state index < -0.39 is 12.7 Å². The fraction of sp³-hybridized carbons (Fsp3) is 0. The van der Waals surface area contributed by atoms with Gasteiger partial charge in [0, 0.05) is 6.07 Å². The van der Waals surface area contributed by atoms with E-state index in [4.69, 9.17) is 24.4 Å². The number of nitrogens with zero attached hydrogens (tertiary/aromatic N) is 1. The van der Waals surface area contributed by atoms with Crippen LogP contribution in [0, 0.1) is 10.1 Å². The monoisotopic (exact) mass is 281 g/mol. The van der Waals surface area contributed by atoms with Gasteiger partial charge in [0.15, 0.2) is 5.75 Å². The van der Waals surface area contributed by atoms with E-state index in [1.54, 1.807) is 0 Å². The molecule has 2 N–H and O–H groups in total. The predicted octanol–water partition coefficient (Wildman–Crippen LogP) is -6.88. The molecule has 17 heavy (non-hydrogen) atoms. The van der Waals surface area contributed by atoms with Gasteiger partial charge in [0.05, 0.1) is 12.7 Å². The van der Waals surface area contributed by atoms with Crippen molar-refractivity contribution in [3.8, 4) is 5.75 Å². The normalized spacial score (nSPS) is 8.88. The van der Waals surface area contributed by atoms with Gasteiger partial charge in [0.25, 0.3) is 0 Å². The number of nitro benzene ring substituents is 1. The van der Waals surface area contributed by atoms with Gasteiger partial charge in [-0.1, -0.05) is 12.1 Å². The molecule has 0 bridgehead atoms. The SMILES string of the molecule is O=P([O-])([O-])O.O=[N+]([O-])c1ccccc1O.[Na+].[Na+]. The van der Waals surface area contributed by atoms with E-state index in [9.17, 15) is 10.1 Å². The Morgan fingerprint density at radius 2 is 1.53 bits per heavy atom. The van der Waals surface area contributed by atoms with Gasteiger partial charge in [-0.15, -0.1) is 0 Å². The number of phenols is 1. The molecule has 0 saturated carbocycles. The molecule has 0 amide bonds. The average Bonchev–Trinajstić information content (AvgIpc) is 2.01. The molecule has 1 aromatic carbocycles. The van der Waals surface area contributed by atoms with Crippen LogP contribution in [0.15, 0.2) is 24.3 Å². The topological polar surface area (TPSA) is 147 Å². The van der Waals surface area contributed by atoms with Crippen LogP contribution in [-0.4, -0.2) is 14.9 Å². The summed E-state index contributed by atoms with van der Waals surface area (Å²) in [6.45, 7) is 0. The molecule has 0 fully saturated rings. The van der Waals surface area contributed by atoms with Crippen molar-refractivity contribution < 1.29 is 88.4 Å². The molecule has 0 saturated heterocycles. The third-order valence-electron chi connectivity index (χ3n) is 1.08. The van der Waals surface area contributed by atoms with Gasteiger partial charge in [-0.3, -0.25) is 10.1 Å². The molecule has 1 aromatic rings. The Hall–Kier alpha value is 0.530. The maximum absolute atomic E-state index is 10.1. The first-order chi connectivity index (χ1) is 6.72. The van der Waals surface area contributed by atoms with Crippen LogP contribution in [0.4, 0.5) is 5.69 Å². The molecule has 0 aliphatic heterocycles. The molecule has 0 atom stereocenters. The maximum atomic E-state index is 10.1. The Morgan fingerprint density at radius 3 is 1.76 bits per heavy atom. The minimum Gasteiger partial charge on any atom is -0.790 e. The fourth-order valence-corrected chi connectivity index (χ4v) is 0.619. The van der Waals surface area contributed by atoms with Crippen molar-refractivity contribution >= 4 is 13.5 Å². The number of para-hydroxylation sites is 2. The maximum Gasteiger partial charge on any atom is 1.00 e. The van der Waals surface area contributed by atoms with E-state index in [2.05, 4.69) is 0 Å². The molecule has 8 nitrogen and oxygen atoms in total. The zero-order valence-corrected chi connectivity index (χ0v) is 14.0. The minimum absolute atomic E-state index is 0. The second-order valence-corrected chi connectivity index (χ2v) is 3.15. The second-order valence-electron chi connectivity index (χ2n) is 2.21. The molecule has 0 heterocycles. The summed E-state index contributed by atoms with van der Waals surface area (Å²) in [6, 6.07) is 5.55. The van der Waals surface area contributed by atoms with Gasteiger partial charge in [0.1, 0.15) is 0 Å². The number of phenolic OH excluding ortho intramolecular Hbond substituents is 1. The third-order valence-corrected chi connectivity index (χ3v) is 1.08. The van der Waals surface area contributed by atoms with Gasteiger partial charge in [-0.25, -0.2) is 0 Å². The molecule has 0 radical (unpaired) electrons. The van der Waals surface area contributed by atoms with Crippen molar-refractivity contribution in [1.29, 1.82) is 0 Å². The zero-order chi connectivity index (χ0) is 12.1. The number of hydrogen-bond donors (Lipinski definition) is 2. The molecular weight excluding hydrogens is 275 g/mol. The van der Waals surface area contributed by atoms with Crippen LogP contribution in [0.5, 0.6) is 5.75 Å². The molecule has 0 spiro atoms. The first-order valence-electron chi connectivity index (χ1n) is 3.39. The van der Waals surface area contributed by atoms with Crippen LogP contribution in [0.25, 0.3) is 0 Å². The average molecular weight is 281 g/mol. The quantitative estimate of drug-likeness (QED) is 0.225. The van der Waals surface area contributed by atoms with E-state index in [1.807, 2.05) is 0 Å². The minimum atomic E-state index is -5.14. The van der Waals surface area contributed by atoms with Gasteiger partial charge in [-0.2, -0.15) is 0 Å². The molecule has 1 rings (SSSR count). The number of benzene rings is 1. The summed E-state index contributed by atoms with van der Waals surface area (Å²) in [5.74, 6) is -0.299. The fourth-order valence-electron chi connectivity index (χ4n) is 0.619. The number of aromatic hydroxyl groups is 1. The van der Waals surface area contributed by atoms with Crippen LogP contribution >= 0.6 is 7.82 Å². The van der Waals surface area contributed by atoms with Crippen molar-refractivity contribution in [2.45, 2.75) is 0 Å². The Bertz CT molecular complexity index is 387. The summed E-state index contributed by atoms with van der Waals surface area (Å²) in [5, 5.41) is 18.9. The summed E-state index contributed by atoms with van der Waals surface area (Å²) >= 11 is 0. The first kappa shape index (κ1) is 22.7. The molecule has 11 heteroatoms. The Kier molecular flexibility index (Phi) is 13.9. The summed E-state index contributed by atoms with van der Waals surface area (Å²) in [7, 11) is -5.14. The van der Waals surface area contributed by atoms with Gasteiger partial charge in [-0.05, 0) is 6.07 Å². The van der Waals surface area contributed by atoms with Gasteiger partial charge >= 0.3 is 64.8 Å². The number of nitro groups is 1. The van der Waals surface area contributed by atoms with E-state index in [-0.39, 0.29) is 70.6 Å². The van der Waals surface area contributed by atoms with Crippen LogP contribution in [0.2, 0.25) is 0 Å². The molecule has 0 unspecified atom stereocenters. The largest absolute Gasteiger partial charge is 1.00 e.